The predicted molar refractivity (Wildman–Crippen MR) is 223 cm³/mol. The molecule has 5 rings (SSSR count). The van der Waals surface area contributed by atoms with E-state index >= 15 is 0 Å². The zero-order chi connectivity index (χ0) is 42.0. The van der Waals surface area contributed by atoms with Crippen LogP contribution in [0.15, 0.2) is 43.0 Å². The number of carbonyl (C=O) groups excluding carboxylic acids is 5. The normalized spacial score (nSPS) is 28.0. The van der Waals surface area contributed by atoms with E-state index in [-0.39, 0.29) is 42.5 Å². The van der Waals surface area contributed by atoms with E-state index in [2.05, 4.69) is 23.8 Å². The van der Waals surface area contributed by atoms with Gasteiger partial charge in [-0.25, -0.2) is 9.78 Å². The van der Waals surface area contributed by atoms with Crippen molar-refractivity contribution >= 4 is 51.2 Å². The Hall–Kier alpha value is -3.94. The van der Waals surface area contributed by atoms with Crippen molar-refractivity contribution in [3.63, 3.8) is 0 Å². The number of aliphatic hydroxyl groups excluding tert-OH is 1. The molecular formula is C45H63N3O9S. The molecule has 2 aromatic rings. The molecule has 3 aliphatic heterocycles. The first kappa shape index (κ1) is 45.1. The number of amides is 3. The fourth-order valence-corrected chi connectivity index (χ4v) is 9.15. The number of hydrogen-bond donors (Lipinski definition) is 2. The molecular weight excluding hydrogens is 759 g/mol. The number of cyclic esters (lactones) is 1. The van der Waals surface area contributed by atoms with E-state index in [0.717, 1.165) is 85.0 Å². The number of epoxide rings is 1. The number of allylic oxidation sites excluding steroid dienone is 1. The molecule has 4 heterocycles. The molecule has 318 valence electrons. The number of fused-ring (bicyclic) bond motifs is 2. The highest BCUT2D eigenvalue weighted by molar-refractivity contribution is 7.18. The van der Waals surface area contributed by atoms with Gasteiger partial charge in [0.25, 0.3) is 11.8 Å². The monoisotopic (exact) mass is 821 g/mol. The fraction of sp³-hybridized carbons (Fsp3) is 0.644. The Labute approximate surface area is 347 Å². The van der Waals surface area contributed by atoms with E-state index in [1.807, 2.05) is 32.0 Å². The number of Topliss-reactive ketones (excluding diaryl/α,β-unsaturated/α-hetero) is 1. The van der Waals surface area contributed by atoms with E-state index in [1.165, 1.54) is 17.1 Å². The summed E-state index contributed by atoms with van der Waals surface area (Å²) in [5.41, 5.74) is -0.130. The SMILES string of the molecule is C=CC[C@H]1C(=O)C(C)(C)[C@@H](OC(=O)NCCCCCCCCCCN2C(=O)C=CC2=O)CC(=O)O[C@H](c2ccc3sc(C)nc3c2)C[C@H]2O[C@@]2(C)CCC[C@H](C)[C@@H]1O. The molecule has 0 saturated carbocycles. The molecule has 0 radical (unpaired) electrons. The van der Waals surface area contributed by atoms with Gasteiger partial charge in [0.1, 0.15) is 18.0 Å². The Morgan fingerprint density at radius 3 is 2.41 bits per heavy atom. The maximum atomic E-state index is 14.4. The molecule has 12 nitrogen and oxygen atoms in total. The van der Waals surface area contributed by atoms with Gasteiger partial charge in [-0.15, -0.1) is 17.9 Å². The number of imide groups is 1. The number of benzene rings is 1. The van der Waals surface area contributed by atoms with Crippen LogP contribution in [0.1, 0.15) is 134 Å². The van der Waals surface area contributed by atoms with Crippen molar-refractivity contribution in [1.29, 1.82) is 0 Å². The minimum Gasteiger partial charge on any atom is -0.457 e. The summed E-state index contributed by atoms with van der Waals surface area (Å²) in [5, 5.41) is 15.3. The number of alkyl carbamates (subject to hydrolysis) is 1. The maximum absolute atomic E-state index is 14.4. The van der Waals surface area contributed by atoms with E-state index < -0.39 is 47.3 Å². The summed E-state index contributed by atoms with van der Waals surface area (Å²) in [4.78, 5) is 71.0. The molecule has 2 saturated heterocycles. The van der Waals surface area contributed by atoms with Crippen molar-refractivity contribution < 1.29 is 43.3 Å². The lowest BCUT2D eigenvalue weighted by Crippen LogP contribution is -2.49. The molecule has 7 atom stereocenters. The average molecular weight is 822 g/mol. The van der Waals surface area contributed by atoms with Gasteiger partial charge in [0, 0.05) is 37.6 Å². The van der Waals surface area contributed by atoms with Gasteiger partial charge in [-0.3, -0.25) is 24.1 Å². The molecule has 1 aromatic heterocycles. The second-order valence-electron chi connectivity index (χ2n) is 17.2. The second kappa shape index (κ2) is 20.4. The summed E-state index contributed by atoms with van der Waals surface area (Å²) in [5.74, 6) is -2.40. The summed E-state index contributed by atoms with van der Waals surface area (Å²) in [6.45, 7) is 14.0. The number of esters is 1. The number of aromatic nitrogens is 1. The lowest BCUT2D eigenvalue weighted by atomic mass is 9.71. The average Bonchev–Trinajstić information content (AvgIpc) is 3.46. The standard InChI is InChI=1S/C45H63N3O9S/c1-7-17-32-41(52)29(2)18-16-23-45(6)37(57-45)27-34(31-19-20-35-33(26-31)47-30(3)58-35)55-40(51)28-36(44(4,5)42(32)53)56-43(54)46-24-14-12-10-8-9-11-13-15-25-48-38(49)21-22-39(48)50/h7,19-22,26,29,32,34,36-37,41,52H,1,8-18,23-25,27-28H2,2-6H3,(H,46,54)/t29-,32+,34-,36-,37+,41-,45-/m0/s1. The lowest BCUT2D eigenvalue weighted by Gasteiger charge is -2.37. The zero-order valence-electron chi connectivity index (χ0n) is 35.0. The van der Waals surface area contributed by atoms with Crippen molar-refractivity contribution in [3.05, 3.63) is 53.6 Å². The molecule has 0 bridgehead atoms. The van der Waals surface area contributed by atoms with Gasteiger partial charge >= 0.3 is 12.1 Å². The molecule has 0 spiro atoms. The topological polar surface area (TPSA) is 165 Å². The molecule has 1 aromatic carbocycles. The number of rotatable bonds is 15. The van der Waals surface area contributed by atoms with Crippen molar-refractivity contribution in [2.24, 2.45) is 17.3 Å². The van der Waals surface area contributed by atoms with Gasteiger partial charge in [0.15, 0.2) is 0 Å². The number of aliphatic hydroxyl groups is 1. The molecule has 2 fully saturated rings. The van der Waals surface area contributed by atoms with E-state index in [1.54, 1.807) is 31.3 Å². The Balaban J connectivity index is 1.21. The van der Waals surface area contributed by atoms with Crippen LogP contribution in [0.4, 0.5) is 4.79 Å². The van der Waals surface area contributed by atoms with Crippen LogP contribution in [0.2, 0.25) is 0 Å². The summed E-state index contributed by atoms with van der Waals surface area (Å²) in [7, 11) is 0. The van der Waals surface area contributed by atoms with Crippen LogP contribution in [-0.4, -0.2) is 81.7 Å². The van der Waals surface area contributed by atoms with Gasteiger partial charge in [-0.1, -0.05) is 64.0 Å². The van der Waals surface area contributed by atoms with Gasteiger partial charge < -0.3 is 24.6 Å². The Morgan fingerprint density at radius 2 is 1.72 bits per heavy atom. The van der Waals surface area contributed by atoms with E-state index in [4.69, 9.17) is 14.2 Å². The summed E-state index contributed by atoms with van der Waals surface area (Å²) in [6, 6.07) is 5.90. The minimum absolute atomic E-state index is 0.139. The van der Waals surface area contributed by atoms with E-state index in [9.17, 15) is 29.1 Å². The zero-order valence-corrected chi connectivity index (χ0v) is 35.8. The van der Waals surface area contributed by atoms with Crippen LogP contribution in [0, 0.1) is 24.2 Å². The number of aryl methyl sites for hydroxylation is 1. The summed E-state index contributed by atoms with van der Waals surface area (Å²) < 4.78 is 19.4. The van der Waals surface area contributed by atoms with Crippen LogP contribution in [0.5, 0.6) is 0 Å². The Kier molecular flexibility index (Phi) is 15.8. The highest BCUT2D eigenvalue weighted by Crippen LogP contribution is 2.47. The molecule has 0 aliphatic carbocycles. The van der Waals surface area contributed by atoms with Crippen molar-refractivity contribution in [3.8, 4) is 0 Å². The van der Waals surface area contributed by atoms with Crippen LogP contribution >= 0.6 is 11.3 Å². The highest BCUT2D eigenvalue weighted by Gasteiger charge is 2.53. The number of nitrogens with zero attached hydrogens (tertiary/aromatic N) is 2. The molecule has 3 amide bonds. The first-order valence-corrected chi connectivity index (χ1v) is 22.0. The van der Waals surface area contributed by atoms with Crippen LogP contribution < -0.4 is 5.32 Å². The quantitative estimate of drug-likeness (QED) is 0.0588. The number of unbranched alkanes of at least 4 members (excludes halogenated alkanes) is 7. The predicted octanol–water partition coefficient (Wildman–Crippen LogP) is 8.24. The molecule has 58 heavy (non-hydrogen) atoms. The Bertz CT molecular complexity index is 1800. The third-order valence-electron chi connectivity index (χ3n) is 12.2. The number of hydrogen-bond acceptors (Lipinski definition) is 11. The first-order chi connectivity index (χ1) is 27.6. The van der Waals surface area contributed by atoms with Crippen LogP contribution in [0.3, 0.4) is 0 Å². The van der Waals surface area contributed by atoms with Gasteiger partial charge in [-0.05, 0) is 83.4 Å². The number of nitrogens with one attached hydrogen (secondary N) is 1. The van der Waals surface area contributed by atoms with Crippen LogP contribution in [0.25, 0.3) is 10.2 Å². The third kappa shape index (κ3) is 11.8. The minimum atomic E-state index is -1.36. The molecule has 3 aliphatic rings. The molecule has 0 unspecified atom stereocenters. The van der Waals surface area contributed by atoms with E-state index in [0.29, 0.717) is 25.9 Å². The van der Waals surface area contributed by atoms with Gasteiger partial charge in [-0.2, -0.15) is 0 Å². The number of thiazole rings is 1. The largest absolute Gasteiger partial charge is 0.457 e. The summed E-state index contributed by atoms with van der Waals surface area (Å²) in [6.07, 6.45) is 10.6. The summed E-state index contributed by atoms with van der Waals surface area (Å²) >= 11 is 1.60. The number of ketones is 1. The number of carbonyl (C=O) groups is 5. The van der Waals surface area contributed by atoms with Crippen LogP contribution in [-0.2, 0) is 33.4 Å². The van der Waals surface area contributed by atoms with Crippen molar-refractivity contribution in [1.82, 2.24) is 15.2 Å². The third-order valence-corrected chi connectivity index (χ3v) is 13.2. The van der Waals surface area contributed by atoms with Gasteiger partial charge in [0.05, 0.1) is 44.9 Å². The maximum Gasteiger partial charge on any atom is 0.407 e. The van der Waals surface area contributed by atoms with Gasteiger partial charge in [0.2, 0.25) is 0 Å². The second-order valence-corrected chi connectivity index (χ2v) is 18.4. The highest BCUT2D eigenvalue weighted by atomic mass is 32.1. The van der Waals surface area contributed by atoms with Crippen molar-refractivity contribution in [2.75, 3.05) is 13.1 Å². The molecule has 2 N–H and O–H groups in total. The Morgan fingerprint density at radius 1 is 1.05 bits per heavy atom. The van der Waals surface area contributed by atoms with Crippen molar-refractivity contribution in [2.45, 2.75) is 155 Å². The number of ether oxygens (including phenoxy) is 3. The molecule has 13 heteroatoms. The first-order valence-electron chi connectivity index (χ1n) is 21.2. The fourth-order valence-electron chi connectivity index (χ4n) is 8.35. The lowest BCUT2D eigenvalue weighted by molar-refractivity contribution is -0.156. The smallest absolute Gasteiger partial charge is 0.407 e.